The van der Waals surface area contributed by atoms with Crippen molar-refractivity contribution >= 4 is 23.2 Å². The molecular weight excluding hydrogens is 282 g/mol. The van der Waals surface area contributed by atoms with Crippen LogP contribution in [0.4, 0.5) is 11.4 Å². The Hall–Kier alpha value is -3.02. The number of amides is 2. The van der Waals surface area contributed by atoms with Gasteiger partial charge in [-0.15, -0.1) is 0 Å². The first-order valence-electron chi connectivity index (χ1n) is 6.81. The molecular formula is C16H15N3O3. The average molecular weight is 297 g/mol. The lowest BCUT2D eigenvalue weighted by molar-refractivity contribution is 0.0631. The number of nitrogens with two attached hydrogens (primary N) is 2. The summed E-state index contributed by atoms with van der Waals surface area (Å²) in [4.78, 5) is 25.5. The van der Waals surface area contributed by atoms with Crippen LogP contribution in [-0.4, -0.2) is 29.9 Å². The molecule has 1 aliphatic rings. The van der Waals surface area contributed by atoms with Crippen LogP contribution in [0.3, 0.4) is 0 Å². The molecule has 0 atom stereocenters. The number of hydrogen-bond donors (Lipinski definition) is 2. The number of rotatable bonds is 4. The highest BCUT2D eigenvalue weighted by Gasteiger charge is 2.34. The molecule has 2 aromatic carbocycles. The number of hydrogen-bond acceptors (Lipinski definition) is 5. The molecule has 0 unspecified atom stereocenters. The van der Waals surface area contributed by atoms with E-state index < -0.39 is 0 Å². The summed E-state index contributed by atoms with van der Waals surface area (Å²) in [6.45, 7) is 0.329. The molecule has 4 N–H and O–H groups in total. The molecule has 0 saturated carbocycles. The summed E-state index contributed by atoms with van der Waals surface area (Å²) in [6, 6.07) is 11.7. The third-order valence-corrected chi connectivity index (χ3v) is 3.48. The van der Waals surface area contributed by atoms with Crippen molar-refractivity contribution in [3.8, 4) is 5.75 Å². The van der Waals surface area contributed by atoms with Crippen LogP contribution in [0.5, 0.6) is 5.75 Å². The second-order valence-corrected chi connectivity index (χ2v) is 4.95. The molecule has 1 aliphatic heterocycles. The fraction of sp³-hybridized carbons (Fsp3) is 0.125. The van der Waals surface area contributed by atoms with E-state index in [2.05, 4.69) is 0 Å². The van der Waals surface area contributed by atoms with Gasteiger partial charge in [0, 0.05) is 5.69 Å². The van der Waals surface area contributed by atoms with Gasteiger partial charge in [0.25, 0.3) is 11.8 Å². The molecule has 0 spiro atoms. The summed E-state index contributed by atoms with van der Waals surface area (Å²) in [6.07, 6.45) is 0. The quantitative estimate of drug-likeness (QED) is 0.658. The van der Waals surface area contributed by atoms with Gasteiger partial charge >= 0.3 is 0 Å². The van der Waals surface area contributed by atoms with Gasteiger partial charge in [0.2, 0.25) is 0 Å². The van der Waals surface area contributed by atoms with E-state index in [9.17, 15) is 9.59 Å². The molecule has 112 valence electrons. The van der Waals surface area contributed by atoms with E-state index in [0.29, 0.717) is 28.3 Å². The normalized spacial score (nSPS) is 13.4. The summed E-state index contributed by atoms with van der Waals surface area (Å²) >= 11 is 0. The van der Waals surface area contributed by atoms with Crippen molar-refractivity contribution in [2.75, 3.05) is 24.6 Å². The molecule has 6 heteroatoms. The highest BCUT2D eigenvalue weighted by molar-refractivity contribution is 6.21. The molecule has 0 fully saturated rings. The number of carbonyl (C=O) groups excluding carboxylic acids is 2. The SMILES string of the molecule is Nc1ccc(OCCN2C(=O)c3ccccc3C2=O)c(N)c1. The lowest BCUT2D eigenvalue weighted by atomic mass is 10.1. The lowest BCUT2D eigenvalue weighted by Gasteiger charge is -2.15. The van der Waals surface area contributed by atoms with Crippen molar-refractivity contribution in [1.82, 2.24) is 4.90 Å². The maximum Gasteiger partial charge on any atom is 0.261 e. The molecule has 2 amide bonds. The van der Waals surface area contributed by atoms with Crippen LogP contribution < -0.4 is 16.2 Å². The Kier molecular flexibility index (Phi) is 3.42. The first-order chi connectivity index (χ1) is 10.6. The van der Waals surface area contributed by atoms with E-state index in [1.165, 1.54) is 4.90 Å². The smallest absolute Gasteiger partial charge is 0.261 e. The fourth-order valence-electron chi connectivity index (χ4n) is 2.39. The third kappa shape index (κ3) is 2.35. The summed E-state index contributed by atoms with van der Waals surface area (Å²) < 4.78 is 5.52. The lowest BCUT2D eigenvalue weighted by Crippen LogP contribution is -2.33. The van der Waals surface area contributed by atoms with Gasteiger partial charge in [-0.3, -0.25) is 14.5 Å². The van der Waals surface area contributed by atoms with E-state index >= 15 is 0 Å². The molecule has 0 saturated heterocycles. The van der Waals surface area contributed by atoms with Gasteiger partial charge in [0.15, 0.2) is 0 Å². The zero-order valence-corrected chi connectivity index (χ0v) is 11.8. The zero-order chi connectivity index (χ0) is 15.7. The number of fused-ring (bicyclic) bond motifs is 1. The maximum atomic E-state index is 12.2. The van der Waals surface area contributed by atoms with Crippen molar-refractivity contribution in [3.63, 3.8) is 0 Å². The molecule has 0 aliphatic carbocycles. The second kappa shape index (κ2) is 5.40. The van der Waals surface area contributed by atoms with Crippen molar-refractivity contribution in [1.29, 1.82) is 0 Å². The number of nitrogens with zero attached hydrogens (tertiary/aromatic N) is 1. The van der Waals surface area contributed by atoms with Crippen molar-refractivity contribution in [3.05, 3.63) is 53.6 Å². The van der Waals surface area contributed by atoms with E-state index in [-0.39, 0.29) is 25.0 Å². The molecule has 22 heavy (non-hydrogen) atoms. The predicted molar refractivity (Wildman–Crippen MR) is 82.6 cm³/mol. The number of imide groups is 1. The summed E-state index contributed by atoms with van der Waals surface area (Å²) in [5.41, 5.74) is 13.2. The summed E-state index contributed by atoms with van der Waals surface area (Å²) in [7, 11) is 0. The summed E-state index contributed by atoms with van der Waals surface area (Å²) in [5, 5.41) is 0. The van der Waals surface area contributed by atoms with Crippen LogP contribution in [0.15, 0.2) is 42.5 Å². The van der Waals surface area contributed by atoms with Gasteiger partial charge in [-0.05, 0) is 30.3 Å². The summed E-state index contributed by atoms with van der Waals surface area (Å²) in [5.74, 6) is -0.116. The van der Waals surface area contributed by atoms with E-state index in [1.54, 1.807) is 42.5 Å². The largest absolute Gasteiger partial charge is 0.490 e. The van der Waals surface area contributed by atoms with Crippen LogP contribution in [-0.2, 0) is 0 Å². The molecule has 1 heterocycles. The number of benzene rings is 2. The molecule has 0 bridgehead atoms. The highest BCUT2D eigenvalue weighted by Crippen LogP contribution is 2.25. The Labute approximate surface area is 127 Å². The highest BCUT2D eigenvalue weighted by atomic mass is 16.5. The van der Waals surface area contributed by atoms with Gasteiger partial charge < -0.3 is 16.2 Å². The first-order valence-corrected chi connectivity index (χ1v) is 6.81. The number of anilines is 2. The van der Waals surface area contributed by atoms with E-state index in [1.807, 2.05) is 0 Å². The Morgan fingerprint density at radius 3 is 2.18 bits per heavy atom. The minimum atomic E-state index is -0.297. The molecule has 2 aromatic rings. The average Bonchev–Trinajstić information content (AvgIpc) is 2.75. The van der Waals surface area contributed by atoms with Gasteiger partial charge in [0.1, 0.15) is 12.4 Å². The van der Waals surface area contributed by atoms with Crippen molar-refractivity contribution < 1.29 is 14.3 Å². The Bertz CT molecular complexity index is 723. The first kappa shape index (κ1) is 13.9. The van der Waals surface area contributed by atoms with Crippen molar-refractivity contribution in [2.24, 2.45) is 0 Å². The van der Waals surface area contributed by atoms with Crippen LogP contribution in [0, 0.1) is 0 Å². The molecule has 0 radical (unpaired) electrons. The van der Waals surface area contributed by atoms with Gasteiger partial charge in [0.05, 0.1) is 23.4 Å². The number of nitrogen functional groups attached to an aromatic ring is 2. The van der Waals surface area contributed by atoms with Crippen molar-refractivity contribution in [2.45, 2.75) is 0 Å². The monoisotopic (exact) mass is 297 g/mol. The minimum absolute atomic E-state index is 0.163. The van der Waals surface area contributed by atoms with Gasteiger partial charge in [-0.2, -0.15) is 0 Å². The second-order valence-electron chi connectivity index (χ2n) is 4.95. The van der Waals surface area contributed by atoms with Crippen LogP contribution in [0.2, 0.25) is 0 Å². The maximum absolute atomic E-state index is 12.2. The van der Waals surface area contributed by atoms with E-state index in [4.69, 9.17) is 16.2 Å². The van der Waals surface area contributed by atoms with Crippen LogP contribution in [0.1, 0.15) is 20.7 Å². The van der Waals surface area contributed by atoms with Crippen LogP contribution in [0.25, 0.3) is 0 Å². The Morgan fingerprint density at radius 1 is 0.955 bits per heavy atom. The van der Waals surface area contributed by atoms with Crippen LogP contribution >= 0.6 is 0 Å². The standard InChI is InChI=1S/C16H15N3O3/c17-10-5-6-14(13(18)9-10)22-8-7-19-15(20)11-3-1-2-4-12(11)16(19)21/h1-6,9H,7-8,17-18H2. The van der Waals surface area contributed by atoms with Gasteiger partial charge in [-0.25, -0.2) is 0 Å². The molecule has 6 nitrogen and oxygen atoms in total. The predicted octanol–water partition coefficient (Wildman–Crippen LogP) is 1.53. The fourth-order valence-corrected chi connectivity index (χ4v) is 2.39. The Morgan fingerprint density at radius 2 is 1.59 bits per heavy atom. The minimum Gasteiger partial charge on any atom is -0.490 e. The van der Waals surface area contributed by atoms with E-state index in [0.717, 1.165) is 0 Å². The topological polar surface area (TPSA) is 98.6 Å². The molecule has 0 aromatic heterocycles. The number of ether oxygens (including phenoxy) is 1. The van der Waals surface area contributed by atoms with Gasteiger partial charge in [-0.1, -0.05) is 12.1 Å². The molecule has 3 rings (SSSR count). The zero-order valence-electron chi connectivity index (χ0n) is 11.8. The third-order valence-electron chi connectivity index (χ3n) is 3.48. The number of carbonyl (C=O) groups is 2. The Balaban J connectivity index is 1.66.